The largest absolute Gasteiger partial charge is 0.409 e. The summed E-state index contributed by atoms with van der Waals surface area (Å²) in [5, 5.41) is 32.1. The minimum absolute atomic E-state index is 0.00559. The van der Waals surface area contributed by atoms with Gasteiger partial charge in [-0.2, -0.15) is 0 Å². The number of carbonyl (C=O) groups is 1. The third-order valence-corrected chi connectivity index (χ3v) is 10.5. The van der Waals surface area contributed by atoms with Gasteiger partial charge in [0.05, 0.1) is 22.1 Å². The minimum Gasteiger partial charge on any atom is -0.409 e. The maximum Gasteiger partial charge on any atom is 0.269 e. The number of hydrogen-bond acceptors (Lipinski definition) is 7. The molecule has 1 N–H and O–H groups in total. The summed E-state index contributed by atoms with van der Waals surface area (Å²) in [7, 11) is -2.29. The average Bonchev–Trinajstić information content (AvgIpc) is 2.72. The van der Waals surface area contributed by atoms with Gasteiger partial charge in [0, 0.05) is 37.1 Å². The molecule has 2 aromatic carbocycles. The molecular weight excluding hydrogens is 444 g/mol. The first kappa shape index (κ1) is 26.3. The van der Waals surface area contributed by atoms with Gasteiger partial charge in [0.1, 0.15) is 5.78 Å². The summed E-state index contributed by atoms with van der Waals surface area (Å²) in [6.07, 6.45) is -1.90. The van der Waals surface area contributed by atoms with Crippen LogP contribution >= 0.6 is 0 Å². The number of rotatable bonds is 10. The van der Waals surface area contributed by atoms with Crippen molar-refractivity contribution in [1.82, 2.24) is 0 Å². The molecule has 0 aromatic heterocycles. The van der Waals surface area contributed by atoms with E-state index in [1.54, 1.807) is 12.1 Å². The van der Waals surface area contributed by atoms with E-state index in [1.807, 2.05) is 0 Å². The second-order valence-corrected chi connectivity index (χ2v) is 14.3. The molecule has 0 unspecified atom stereocenters. The molecule has 2 rings (SSSR count). The highest BCUT2D eigenvalue weighted by atomic mass is 28.4. The third-order valence-electron chi connectivity index (χ3n) is 6.04. The maximum absolute atomic E-state index is 12.9. The first-order valence-corrected chi connectivity index (χ1v) is 13.5. The number of nitro groups is 2. The number of carbonyl (C=O) groups excluding carboxylic acids is 1. The molecule has 0 amide bonds. The predicted molar refractivity (Wildman–Crippen MR) is 126 cm³/mol. The van der Waals surface area contributed by atoms with Crippen molar-refractivity contribution in [3.63, 3.8) is 0 Å². The molecule has 0 saturated carbocycles. The lowest BCUT2D eigenvalue weighted by Gasteiger charge is -2.39. The van der Waals surface area contributed by atoms with Gasteiger partial charge in [-0.1, -0.05) is 20.8 Å². The molecule has 0 saturated heterocycles. The van der Waals surface area contributed by atoms with Crippen molar-refractivity contribution in [1.29, 1.82) is 0 Å². The number of non-ortho nitro benzene ring substituents is 2. The van der Waals surface area contributed by atoms with E-state index in [0.29, 0.717) is 11.1 Å². The van der Waals surface area contributed by atoms with E-state index in [9.17, 15) is 30.1 Å². The van der Waals surface area contributed by atoms with Crippen molar-refractivity contribution in [3.05, 3.63) is 79.9 Å². The maximum atomic E-state index is 12.9. The molecule has 0 aliphatic rings. The van der Waals surface area contributed by atoms with E-state index in [0.717, 1.165) is 0 Å². The van der Waals surface area contributed by atoms with E-state index in [2.05, 4.69) is 33.9 Å². The first-order chi connectivity index (χ1) is 15.2. The Morgan fingerprint density at radius 3 is 1.73 bits per heavy atom. The molecule has 10 heteroatoms. The fourth-order valence-corrected chi connectivity index (χ4v) is 4.30. The molecule has 2 atom stereocenters. The average molecular weight is 475 g/mol. The Hall–Kier alpha value is -2.95. The number of nitro benzene ring substituents is 2. The van der Waals surface area contributed by atoms with Crippen LogP contribution in [0.5, 0.6) is 0 Å². The van der Waals surface area contributed by atoms with Crippen molar-refractivity contribution in [2.75, 3.05) is 0 Å². The van der Waals surface area contributed by atoms with Gasteiger partial charge in [0.25, 0.3) is 11.4 Å². The summed E-state index contributed by atoms with van der Waals surface area (Å²) < 4.78 is 6.48. The molecule has 33 heavy (non-hydrogen) atoms. The lowest BCUT2D eigenvalue weighted by atomic mass is 9.98. The van der Waals surface area contributed by atoms with E-state index < -0.39 is 30.4 Å². The zero-order valence-corrected chi connectivity index (χ0v) is 20.5. The quantitative estimate of drug-likeness (QED) is 0.267. The Morgan fingerprint density at radius 2 is 1.33 bits per heavy atom. The number of aliphatic hydroxyl groups is 1. The van der Waals surface area contributed by atoms with Crippen LogP contribution in [0, 0.1) is 20.2 Å². The number of hydrogen-bond donors (Lipinski definition) is 1. The second-order valence-electron chi connectivity index (χ2n) is 9.53. The molecule has 0 radical (unpaired) electrons. The number of aliphatic hydroxyl groups excluding tert-OH is 1. The number of ketones is 1. The van der Waals surface area contributed by atoms with Gasteiger partial charge in [-0.25, -0.2) is 0 Å². The highest BCUT2D eigenvalue weighted by molar-refractivity contribution is 6.74. The summed E-state index contributed by atoms with van der Waals surface area (Å²) >= 11 is 0. The minimum atomic E-state index is -2.29. The van der Waals surface area contributed by atoms with E-state index >= 15 is 0 Å². The van der Waals surface area contributed by atoms with Crippen LogP contribution in [0.2, 0.25) is 18.1 Å². The van der Waals surface area contributed by atoms with Crippen molar-refractivity contribution in [2.45, 2.75) is 64.0 Å². The smallest absolute Gasteiger partial charge is 0.269 e. The topological polar surface area (TPSA) is 133 Å². The summed E-state index contributed by atoms with van der Waals surface area (Å²) in [5.74, 6) is -0.247. The molecule has 0 aliphatic carbocycles. The summed E-state index contributed by atoms with van der Waals surface area (Å²) in [5.41, 5.74) is 0.915. The van der Waals surface area contributed by atoms with Gasteiger partial charge >= 0.3 is 0 Å². The SMILES string of the molecule is CC(C)(C)[Si](C)(C)O[C@@H](CC(=O)C[C@@H](O)c1ccc([N+](=O)[O-])cc1)c1ccc([N+](=O)[O-])cc1. The van der Waals surface area contributed by atoms with Crippen molar-refractivity contribution in [2.24, 2.45) is 0 Å². The summed E-state index contributed by atoms with van der Waals surface area (Å²) in [6, 6.07) is 11.4. The Bertz CT molecular complexity index is 999. The lowest BCUT2D eigenvalue weighted by molar-refractivity contribution is -0.385. The van der Waals surface area contributed by atoms with Crippen LogP contribution in [0.1, 0.15) is 56.9 Å². The van der Waals surface area contributed by atoms with Crippen molar-refractivity contribution in [3.8, 4) is 0 Å². The van der Waals surface area contributed by atoms with Gasteiger partial charge < -0.3 is 9.53 Å². The number of benzene rings is 2. The standard InChI is InChI=1S/C23H30N2O7Si/c1-23(2,3)33(4,5)32-22(17-8-12-19(13-9-17)25(30)31)15-20(26)14-21(27)16-6-10-18(11-7-16)24(28)29/h6-13,21-22,27H,14-15H2,1-5H3/t21-,22+/m1/s1. The summed E-state index contributed by atoms with van der Waals surface area (Å²) in [6.45, 7) is 10.3. The molecule has 178 valence electrons. The highest BCUT2D eigenvalue weighted by Gasteiger charge is 2.40. The van der Waals surface area contributed by atoms with E-state index in [-0.39, 0.29) is 35.0 Å². The molecular formula is C23H30N2O7Si. The van der Waals surface area contributed by atoms with E-state index in [1.165, 1.54) is 36.4 Å². The van der Waals surface area contributed by atoms with Crippen LogP contribution in [0.4, 0.5) is 11.4 Å². The fraction of sp³-hybridized carbons (Fsp3) is 0.435. The van der Waals surface area contributed by atoms with Crippen LogP contribution in [-0.2, 0) is 9.22 Å². The second kappa shape index (κ2) is 10.3. The zero-order valence-electron chi connectivity index (χ0n) is 19.5. The van der Waals surface area contributed by atoms with Crippen LogP contribution in [0.15, 0.2) is 48.5 Å². The molecule has 0 fully saturated rings. The molecule has 2 aromatic rings. The normalized spacial score (nSPS) is 13.9. The third kappa shape index (κ3) is 7.01. The van der Waals surface area contributed by atoms with Gasteiger partial charge in [-0.05, 0) is 53.5 Å². The zero-order chi connectivity index (χ0) is 25.0. The Kier molecular flexibility index (Phi) is 8.23. The number of nitrogens with zero attached hydrogens (tertiary/aromatic N) is 2. The monoisotopic (exact) mass is 474 g/mol. The van der Waals surface area contributed by atoms with Crippen LogP contribution in [-0.4, -0.2) is 29.1 Å². The Balaban J connectivity index is 2.21. The highest BCUT2D eigenvalue weighted by Crippen LogP contribution is 2.41. The van der Waals surface area contributed by atoms with Gasteiger partial charge in [0.2, 0.25) is 0 Å². The molecule has 0 heterocycles. The van der Waals surface area contributed by atoms with Gasteiger partial charge in [0.15, 0.2) is 8.32 Å². The Labute approximate surface area is 193 Å². The van der Waals surface area contributed by atoms with Crippen molar-refractivity contribution < 1.29 is 24.2 Å². The van der Waals surface area contributed by atoms with Gasteiger partial charge in [-0.15, -0.1) is 0 Å². The van der Waals surface area contributed by atoms with Crippen LogP contribution in [0.25, 0.3) is 0 Å². The first-order valence-electron chi connectivity index (χ1n) is 10.6. The van der Waals surface area contributed by atoms with E-state index in [4.69, 9.17) is 4.43 Å². The van der Waals surface area contributed by atoms with Crippen LogP contribution in [0.3, 0.4) is 0 Å². The molecule has 0 aliphatic heterocycles. The Morgan fingerprint density at radius 1 is 0.909 bits per heavy atom. The fourth-order valence-electron chi connectivity index (χ4n) is 3.01. The predicted octanol–water partition coefficient (Wildman–Crippen LogP) is 5.65. The lowest BCUT2D eigenvalue weighted by Crippen LogP contribution is -2.42. The summed E-state index contributed by atoms with van der Waals surface area (Å²) in [4.78, 5) is 33.6. The number of Topliss-reactive ketones (excluding diaryl/α,β-unsaturated/α-hetero) is 1. The van der Waals surface area contributed by atoms with Crippen molar-refractivity contribution >= 4 is 25.5 Å². The molecule has 0 bridgehead atoms. The van der Waals surface area contributed by atoms with Gasteiger partial charge in [-0.3, -0.25) is 25.0 Å². The van der Waals surface area contributed by atoms with Crippen LogP contribution < -0.4 is 0 Å². The molecule has 0 spiro atoms. The molecule has 9 nitrogen and oxygen atoms in total.